The third-order valence-electron chi connectivity index (χ3n) is 3.05. The lowest BCUT2D eigenvalue weighted by atomic mass is 9.92. The van der Waals surface area contributed by atoms with Crippen LogP contribution in [0.25, 0.3) is 0 Å². The average molecular weight is 354 g/mol. The Morgan fingerprint density at radius 2 is 1.83 bits per heavy atom. The van der Waals surface area contributed by atoms with Crippen LogP contribution in [0.3, 0.4) is 0 Å². The highest BCUT2D eigenvalue weighted by atomic mass is 32.2. The van der Waals surface area contributed by atoms with Gasteiger partial charge >= 0.3 is 6.36 Å². The number of rotatable bonds is 7. The smallest absolute Gasteiger partial charge is 0.404 e. The number of halogens is 3. The van der Waals surface area contributed by atoms with E-state index in [1.54, 1.807) is 6.92 Å². The molecular weight excluding hydrogens is 333 g/mol. The summed E-state index contributed by atoms with van der Waals surface area (Å²) < 4.78 is 68.4. The highest BCUT2D eigenvalue weighted by Gasteiger charge is 2.36. The van der Waals surface area contributed by atoms with Crippen LogP contribution in [0.1, 0.15) is 27.2 Å². The number of para-hydroxylation sites is 1. The van der Waals surface area contributed by atoms with Gasteiger partial charge in [0.25, 0.3) is 0 Å². The van der Waals surface area contributed by atoms with Crippen LogP contribution in [0.2, 0.25) is 0 Å². The lowest BCUT2D eigenvalue weighted by Gasteiger charge is -2.31. The molecule has 1 unspecified atom stereocenters. The summed E-state index contributed by atoms with van der Waals surface area (Å²) in [5, 5.41) is 0. The maximum atomic E-state index is 12.5. The molecule has 9 heteroatoms. The fourth-order valence-electron chi connectivity index (χ4n) is 2.33. The van der Waals surface area contributed by atoms with Crippen molar-refractivity contribution in [2.45, 2.75) is 44.0 Å². The van der Waals surface area contributed by atoms with Gasteiger partial charge in [0.1, 0.15) is 10.6 Å². The van der Waals surface area contributed by atoms with Crippen molar-refractivity contribution in [1.29, 1.82) is 0 Å². The van der Waals surface area contributed by atoms with E-state index in [9.17, 15) is 21.6 Å². The zero-order valence-corrected chi connectivity index (χ0v) is 14.0. The van der Waals surface area contributed by atoms with Crippen molar-refractivity contribution in [3.63, 3.8) is 0 Å². The molecule has 0 saturated carbocycles. The maximum Gasteiger partial charge on any atom is 0.573 e. The molecule has 0 aliphatic rings. The molecule has 1 atom stereocenters. The largest absolute Gasteiger partial charge is 0.573 e. The maximum absolute atomic E-state index is 12.5. The second-order valence-electron chi connectivity index (χ2n) is 5.96. The number of hydrogen-bond donors (Lipinski definition) is 2. The summed E-state index contributed by atoms with van der Waals surface area (Å²) in [7, 11) is -4.23. The van der Waals surface area contributed by atoms with Gasteiger partial charge in [-0.1, -0.05) is 26.0 Å². The minimum atomic E-state index is -4.99. The molecule has 0 aliphatic carbocycles. The average Bonchev–Trinajstić information content (AvgIpc) is 2.35. The number of benzene rings is 1. The SMILES string of the molecule is CC(C)CC(C)(CN)NS(=O)(=O)c1ccccc1OC(F)(F)F. The summed E-state index contributed by atoms with van der Waals surface area (Å²) in [5.41, 5.74) is 4.67. The van der Waals surface area contributed by atoms with Crippen LogP contribution < -0.4 is 15.2 Å². The van der Waals surface area contributed by atoms with Crippen LogP contribution in [-0.4, -0.2) is 26.9 Å². The molecule has 5 nitrogen and oxygen atoms in total. The van der Waals surface area contributed by atoms with Crippen LogP contribution in [0.15, 0.2) is 29.2 Å². The van der Waals surface area contributed by atoms with Gasteiger partial charge in [-0.3, -0.25) is 0 Å². The standard InChI is InChI=1S/C14H21F3N2O3S/c1-10(2)8-13(3,9-18)19-23(20,21)12-7-5-4-6-11(12)22-14(15,16)17/h4-7,10,19H,8-9,18H2,1-3H3. The number of nitrogens with one attached hydrogen (secondary N) is 1. The first-order chi connectivity index (χ1) is 10.4. The lowest BCUT2D eigenvalue weighted by Crippen LogP contribution is -2.52. The van der Waals surface area contributed by atoms with E-state index in [2.05, 4.69) is 9.46 Å². The Hall–Kier alpha value is -1.32. The molecule has 0 amide bonds. The Morgan fingerprint density at radius 1 is 1.26 bits per heavy atom. The molecule has 0 radical (unpaired) electrons. The lowest BCUT2D eigenvalue weighted by molar-refractivity contribution is -0.275. The fraction of sp³-hybridized carbons (Fsp3) is 0.571. The predicted octanol–water partition coefficient (Wildman–Crippen LogP) is 2.63. The first kappa shape index (κ1) is 19.7. The molecule has 23 heavy (non-hydrogen) atoms. The second kappa shape index (κ2) is 7.06. The number of hydrogen-bond acceptors (Lipinski definition) is 4. The molecule has 0 saturated heterocycles. The van der Waals surface area contributed by atoms with E-state index in [0.717, 1.165) is 12.1 Å². The monoisotopic (exact) mass is 354 g/mol. The van der Waals surface area contributed by atoms with Crippen molar-refractivity contribution < 1.29 is 26.3 Å². The zero-order valence-electron chi connectivity index (χ0n) is 13.1. The van der Waals surface area contributed by atoms with Crippen LogP contribution in [0, 0.1) is 5.92 Å². The summed E-state index contributed by atoms with van der Waals surface area (Å²) >= 11 is 0. The van der Waals surface area contributed by atoms with Crippen molar-refractivity contribution in [3.05, 3.63) is 24.3 Å². The van der Waals surface area contributed by atoms with Crippen molar-refractivity contribution in [3.8, 4) is 5.75 Å². The van der Waals surface area contributed by atoms with Gasteiger partial charge in [-0.05, 0) is 31.4 Å². The molecule has 0 heterocycles. The summed E-state index contributed by atoms with van der Waals surface area (Å²) in [6, 6.07) is 4.58. The minimum Gasteiger partial charge on any atom is -0.404 e. The molecule has 1 aromatic rings. The Kier molecular flexibility index (Phi) is 6.06. The first-order valence-corrected chi connectivity index (χ1v) is 8.46. The highest BCUT2D eigenvalue weighted by molar-refractivity contribution is 7.89. The molecule has 0 aromatic heterocycles. The van der Waals surface area contributed by atoms with Gasteiger partial charge in [-0.25, -0.2) is 13.1 Å². The predicted molar refractivity (Wildman–Crippen MR) is 80.4 cm³/mol. The van der Waals surface area contributed by atoms with E-state index in [-0.39, 0.29) is 12.5 Å². The topological polar surface area (TPSA) is 81.4 Å². The quantitative estimate of drug-likeness (QED) is 0.789. The molecule has 0 aliphatic heterocycles. The van der Waals surface area contributed by atoms with Crippen molar-refractivity contribution in [1.82, 2.24) is 4.72 Å². The van der Waals surface area contributed by atoms with Gasteiger partial charge in [0.05, 0.1) is 0 Å². The normalized spacial score (nSPS) is 15.5. The van der Waals surface area contributed by atoms with E-state index in [4.69, 9.17) is 5.73 Å². The summed E-state index contributed by atoms with van der Waals surface area (Å²) in [6.45, 7) is 5.40. The fourth-order valence-corrected chi connectivity index (χ4v) is 3.89. The van der Waals surface area contributed by atoms with E-state index in [0.29, 0.717) is 6.42 Å². The first-order valence-electron chi connectivity index (χ1n) is 6.97. The van der Waals surface area contributed by atoms with Crippen LogP contribution in [0.5, 0.6) is 5.75 Å². The Morgan fingerprint density at radius 3 is 2.30 bits per heavy atom. The van der Waals surface area contributed by atoms with Crippen molar-refractivity contribution >= 4 is 10.0 Å². The van der Waals surface area contributed by atoms with Gasteiger partial charge in [0, 0.05) is 12.1 Å². The van der Waals surface area contributed by atoms with E-state index >= 15 is 0 Å². The zero-order chi connectivity index (χ0) is 17.9. The summed E-state index contributed by atoms with van der Waals surface area (Å²) in [6.07, 6.45) is -4.55. The van der Waals surface area contributed by atoms with Crippen LogP contribution in [-0.2, 0) is 10.0 Å². The third-order valence-corrected chi connectivity index (χ3v) is 4.73. The van der Waals surface area contributed by atoms with E-state index in [1.165, 1.54) is 12.1 Å². The molecule has 0 spiro atoms. The van der Waals surface area contributed by atoms with Gasteiger partial charge in [-0.2, -0.15) is 0 Å². The van der Waals surface area contributed by atoms with Crippen molar-refractivity contribution in [2.75, 3.05) is 6.54 Å². The number of sulfonamides is 1. The van der Waals surface area contributed by atoms with Crippen molar-refractivity contribution in [2.24, 2.45) is 11.7 Å². The molecule has 132 valence electrons. The summed E-state index contributed by atoms with van der Waals surface area (Å²) in [5.74, 6) is -0.635. The summed E-state index contributed by atoms with van der Waals surface area (Å²) in [4.78, 5) is -0.583. The molecule has 0 fully saturated rings. The van der Waals surface area contributed by atoms with Gasteiger partial charge in [-0.15, -0.1) is 13.2 Å². The minimum absolute atomic E-state index is 0.00665. The number of nitrogens with two attached hydrogens (primary N) is 1. The second-order valence-corrected chi connectivity index (χ2v) is 7.61. The number of alkyl halides is 3. The van der Waals surface area contributed by atoms with Gasteiger partial charge in [0.2, 0.25) is 10.0 Å². The Labute approximate surface area is 134 Å². The molecule has 1 rings (SSSR count). The van der Waals surface area contributed by atoms with Gasteiger partial charge < -0.3 is 10.5 Å². The molecular formula is C14H21F3N2O3S. The molecule has 3 N–H and O–H groups in total. The molecule has 0 bridgehead atoms. The van der Waals surface area contributed by atoms with E-state index in [1.807, 2.05) is 13.8 Å². The van der Waals surface area contributed by atoms with Crippen LogP contribution in [0.4, 0.5) is 13.2 Å². The molecule has 1 aromatic carbocycles. The van der Waals surface area contributed by atoms with E-state index < -0.39 is 32.6 Å². The highest BCUT2D eigenvalue weighted by Crippen LogP contribution is 2.30. The van der Waals surface area contributed by atoms with Gasteiger partial charge in [0.15, 0.2) is 0 Å². The third kappa shape index (κ3) is 6.00. The Balaban J connectivity index is 3.19. The van der Waals surface area contributed by atoms with Crippen LogP contribution >= 0.6 is 0 Å². The number of ether oxygens (including phenoxy) is 1. The Bertz CT molecular complexity index is 632.